The van der Waals surface area contributed by atoms with Gasteiger partial charge in [-0.05, 0) is 51.7 Å². The van der Waals surface area contributed by atoms with E-state index in [0.29, 0.717) is 18.5 Å². The molecule has 170 valence electrons. The van der Waals surface area contributed by atoms with Gasteiger partial charge in [-0.15, -0.1) is 11.3 Å². The number of carbonyl (C=O) groups excluding carboxylic acids is 1. The number of hydrogen-bond acceptors (Lipinski definition) is 6. The van der Waals surface area contributed by atoms with Gasteiger partial charge in [0.05, 0.1) is 11.6 Å². The van der Waals surface area contributed by atoms with Gasteiger partial charge in [0.2, 0.25) is 0 Å². The molecule has 3 atom stereocenters. The Hall–Kier alpha value is -2.00. The molecule has 0 aromatic carbocycles. The summed E-state index contributed by atoms with van der Waals surface area (Å²) >= 11 is 1.44. The number of nitrogens with one attached hydrogen (secondary N) is 1. The zero-order chi connectivity index (χ0) is 23.0. The van der Waals surface area contributed by atoms with Crippen molar-refractivity contribution >= 4 is 17.3 Å². The minimum absolute atomic E-state index is 0.191. The lowest BCUT2D eigenvalue weighted by Crippen LogP contribution is -2.52. The second kappa shape index (κ2) is 8.50. The van der Waals surface area contributed by atoms with Gasteiger partial charge in [-0.3, -0.25) is 15.1 Å². The number of hydrogen-bond donors (Lipinski definition) is 1. The van der Waals surface area contributed by atoms with Crippen LogP contribution in [-0.4, -0.2) is 27.1 Å². The highest BCUT2D eigenvalue weighted by atomic mass is 32.1. The number of alkyl halides is 3. The molecular formula is C22H28F3N3O2S. The van der Waals surface area contributed by atoms with Crippen LogP contribution >= 0.6 is 11.3 Å². The minimum atomic E-state index is -4.45. The summed E-state index contributed by atoms with van der Waals surface area (Å²) in [6, 6.07) is 2.09. The average molecular weight is 456 g/mol. The van der Waals surface area contributed by atoms with Crippen LogP contribution in [0.4, 0.5) is 13.2 Å². The van der Waals surface area contributed by atoms with Crippen LogP contribution in [0, 0.1) is 5.92 Å². The van der Waals surface area contributed by atoms with Gasteiger partial charge >= 0.3 is 12.1 Å². The minimum Gasteiger partial charge on any atom is -0.459 e. The number of aromatic nitrogens is 2. The molecule has 9 heteroatoms. The van der Waals surface area contributed by atoms with E-state index in [9.17, 15) is 18.0 Å². The number of rotatable bonds is 5. The van der Waals surface area contributed by atoms with E-state index in [1.807, 2.05) is 40.0 Å². The summed E-state index contributed by atoms with van der Waals surface area (Å²) < 4.78 is 44.8. The van der Waals surface area contributed by atoms with Crippen LogP contribution < -0.4 is 5.32 Å². The van der Waals surface area contributed by atoms with Crippen LogP contribution in [0.2, 0.25) is 0 Å². The van der Waals surface area contributed by atoms with Crippen molar-refractivity contribution in [2.24, 2.45) is 5.92 Å². The summed E-state index contributed by atoms with van der Waals surface area (Å²) in [7, 11) is 0. The highest BCUT2D eigenvalue weighted by molar-refractivity contribution is 7.09. The predicted molar refractivity (Wildman–Crippen MR) is 113 cm³/mol. The van der Waals surface area contributed by atoms with E-state index < -0.39 is 22.9 Å². The van der Waals surface area contributed by atoms with Gasteiger partial charge in [0.15, 0.2) is 0 Å². The van der Waals surface area contributed by atoms with E-state index >= 15 is 0 Å². The van der Waals surface area contributed by atoms with Crippen molar-refractivity contribution in [3.8, 4) is 0 Å². The number of thiazole rings is 1. The average Bonchev–Trinajstić information content (AvgIpc) is 3.27. The normalized spacial score (nSPS) is 24.5. The quantitative estimate of drug-likeness (QED) is 0.603. The van der Waals surface area contributed by atoms with Crippen molar-refractivity contribution in [3.63, 3.8) is 0 Å². The maximum Gasteiger partial charge on any atom is 0.417 e. The highest BCUT2D eigenvalue weighted by Crippen LogP contribution is 2.47. The number of esters is 1. The SMILES string of the molecule is CC(C)C[C@@]1(C(=O)OC(C)(C)C)C[C@H](c2ccc(C(F)(F)F)cn2)[C@H](c2nccs2)N1. The third-order valence-electron chi connectivity index (χ3n) is 5.16. The van der Waals surface area contributed by atoms with E-state index in [1.54, 1.807) is 6.20 Å². The van der Waals surface area contributed by atoms with Crippen molar-refractivity contribution < 1.29 is 22.7 Å². The Labute approximate surface area is 184 Å². The maximum absolute atomic E-state index is 13.3. The van der Waals surface area contributed by atoms with E-state index in [4.69, 9.17) is 4.74 Å². The Morgan fingerprint density at radius 3 is 2.48 bits per heavy atom. The molecule has 0 amide bonds. The van der Waals surface area contributed by atoms with Gasteiger partial charge in [-0.1, -0.05) is 13.8 Å². The number of pyridine rings is 1. The zero-order valence-electron chi connectivity index (χ0n) is 18.3. The number of carbonyl (C=O) groups is 1. The standard InChI is InChI=1S/C22H28F3N3O2S/c1-13(2)10-21(19(29)30-20(3,4)5)11-15(17(28-21)18-26-8-9-31-18)16-7-6-14(12-27-16)22(23,24)25/h6-9,12-13,15,17,28H,10-11H2,1-5H3/t15-,17-,21+/m1/s1. The molecule has 1 fully saturated rings. The Balaban J connectivity index is 2.01. The molecule has 1 aliphatic heterocycles. The Morgan fingerprint density at radius 1 is 1.29 bits per heavy atom. The van der Waals surface area contributed by atoms with Crippen molar-refractivity contribution in [1.82, 2.24) is 15.3 Å². The molecule has 3 heterocycles. The van der Waals surface area contributed by atoms with Crippen molar-refractivity contribution in [3.05, 3.63) is 46.2 Å². The molecule has 0 bridgehead atoms. The second-order valence-electron chi connectivity index (χ2n) is 9.45. The summed E-state index contributed by atoms with van der Waals surface area (Å²) in [6.07, 6.45) is -1.03. The predicted octanol–water partition coefficient (Wildman–Crippen LogP) is 5.50. The number of halogens is 3. The van der Waals surface area contributed by atoms with Gasteiger partial charge in [-0.2, -0.15) is 13.2 Å². The topological polar surface area (TPSA) is 64.1 Å². The van der Waals surface area contributed by atoms with Crippen LogP contribution in [0.1, 0.15) is 75.7 Å². The lowest BCUT2D eigenvalue weighted by Gasteiger charge is -2.33. The fraction of sp³-hybridized carbons (Fsp3) is 0.591. The summed E-state index contributed by atoms with van der Waals surface area (Å²) in [4.78, 5) is 21.9. The maximum atomic E-state index is 13.3. The van der Waals surface area contributed by atoms with Crippen LogP contribution in [-0.2, 0) is 15.7 Å². The summed E-state index contributed by atoms with van der Waals surface area (Å²) in [5.41, 5.74) is -1.94. The van der Waals surface area contributed by atoms with Gasteiger partial charge in [0.25, 0.3) is 0 Å². The van der Waals surface area contributed by atoms with Crippen molar-refractivity contribution in [2.45, 2.75) is 76.7 Å². The second-order valence-corrected chi connectivity index (χ2v) is 10.4. The van der Waals surface area contributed by atoms with Gasteiger partial charge in [0.1, 0.15) is 16.1 Å². The van der Waals surface area contributed by atoms with Crippen molar-refractivity contribution in [1.29, 1.82) is 0 Å². The van der Waals surface area contributed by atoms with Gasteiger partial charge in [0, 0.05) is 29.4 Å². The van der Waals surface area contributed by atoms with Crippen LogP contribution in [0.3, 0.4) is 0 Å². The first-order valence-corrected chi connectivity index (χ1v) is 11.1. The summed E-state index contributed by atoms with van der Waals surface area (Å²) in [5.74, 6) is -0.486. The first kappa shape index (κ1) is 23.7. The van der Waals surface area contributed by atoms with E-state index in [0.717, 1.165) is 17.3 Å². The Kier molecular flexibility index (Phi) is 6.49. The lowest BCUT2D eigenvalue weighted by molar-refractivity contribution is -0.163. The zero-order valence-corrected chi connectivity index (χ0v) is 19.1. The number of ether oxygens (including phenoxy) is 1. The molecule has 1 N–H and O–H groups in total. The van der Waals surface area contributed by atoms with E-state index in [-0.39, 0.29) is 23.8 Å². The first-order chi connectivity index (χ1) is 14.3. The Bertz CT molecular complexity index is 892. The lowest BCUT2D eigenvalue weighted by atomic mass is 9.83. The molecule has 31 heavy (non-hydrogen) atoms. The van der Waals surface area contributed by atoms with Crippen LogP contribution in [0.5, 0.6) is 0 Å². The molecule has 0 saturated carbocycles. The largest absolute Gasteiger partial charge is 0.459 e. The Morgan fingerprint density at radius 2 is 2.00 bits per heavy atom. The molecule has 0 spiro atoms. The molecule has 1 aliphatic rings. The fourth-order valence-corrected chi connectivity index (χ4v) is 4.83. The number of nitrogens with zero attached hydrogens (tertiary/aromatic N) is 2. The molecule has 1 saturated heterocycles. The molecule has 2 aromatic heterocycles. The van der Waals surface area contributed by atoms with E-state index in [2.05, 4.69) is 15.3 Å². The third-order valence-corrected chi connectivity index (χ3v) is 6.02. The molecule has 0 unspecified atom stereocenters. The van der Waals surface area contributed by atoms with Gasteiger partial charge in [-0.25, -0.2) is 4.98 Å². The van der Waals surface area contributed by atoms with Crippen LogP contribution in [0.25, 0.3) is 0 Å². The first-order valence-electron chi connectivity index (χ1n) is 10.2. The van der Waals surface area contributed by atoms with Crippen molar-refractivity contribution in [2.75, 3.05) is 0 Å². The smallest absolute Gasteiger partial charge is 0.417 e. The highest BCUT2D eigenvalue weighted by Gasteiger charge is 2.53. The summed E-state index contributed by atoms with van der Waals surface area (Å²) in [6.45, 7) is 9.49. The summed E-state index contributed by atoms with van der Waals surface area (Å²) in [5, 5.41) is 6.07. The fourth-order valence-electron chi connectivity index (χ4n) is 4.08. The molecular weight excluding hydrogens is 427 g/mol. The molecule has 2 aromatic rings. The molecule has 3 rings (SSSR count). The molecule has 0 aliphatic carbocycles. The third kappa shape index (κ3) is 5.44. The van der Waals surface area contributed by atoms with Gasteiger partial charge < -0.3 is 4.74 Å². The molecule has 0 radical (unpaired) electrons. The van der Waals surface area contributed by atoms with E-state index in [1.165, 1.54) is 17.4 Å². The molecule has 5 nitrogen and oxygen atoms in total. The van der Waals surface area contributed by atoms with Crippen LogP contribution in [0.15, 0.2) is 29.9 Å². The monoisotopic (exact) mass is 455 g/mol.